The molecule has 0 fully saturated rings. The molecule has 4 heteroatoms. The number of rotatable bonds is 3. The van der Waals surface area contributed by atoms with Crippen LogP contribution in [0.2, 0.25) is 5.02 Å². The lowest BCUT2D eigenvalue weighted by Crippen LogP contribution is -2.01. The van der Waals surface area contributed by atoms with Gasteiger partial charge in [0.2, 0.25) is 0 Å². The molecular formula is C11H9ClO3. The second kappa shape index (κ2) is 5.35. The summed E-state index contributed by atoms with van der Waals surface area (Å²) in [6, 6.07) is 6.68. The highest BCUT2D eigenvalue weighted by molar-refractivity contribution is 6.30. The fraction of sp³-hybridized carbons (Fsp3) is 0.182. The molecule has 15 heavy (non-hydrogen) atoms. The lowest BCUT2D eigenvalue weighted by atomic mass is 10.0. The Bertz CT molecular complexity index is 420. The van der Waals surface area contributed by atoms with E-state index in [1.807, 2.05) is 0 Å². The summed E-state index contributed by atoms with van der Waals surface area (Å²) >= 11 is 5.76. The average molecular weight is 225 g/mol. The van der Waals surface area contributed by atoms with Crippen molar-refractivity contribution in [2.75, 3.05) is 7.11 Å². The number of benzene rings is 1. The smallest absolute Gasteiger partial charge is 0.310 e. The van der Waals surface area contributed by atoms with Crippen LogP contribution in [0.15, 0.2) is 24.3 Å². The van der Waals surface area contributed by atoms with Crippen LogP contribution in [0.4, 0.5) is 0 Å². The van der Waals surface area contributed by atoms with Crippen molar-refractivity contribution in [3.63, 3.8) is 0 Å². The van der Waals surface area contributed by atoms with Gasteiger partial charge in [-0.2, -0.15) is 0 Å². The van der Waals surface area contributed by atoms with E-state index in [2.05, 4.69) is 4.74 Å². The fourth-order valence-corrected chi connectivity index (χ4v) is 1.28. The van der Waals surface area contributed by atoms with E-state index in [1.54, 1.807) is 30.2 Å². The molecule has 3 nitrogen and oxygen atoms in total. The van der Waals surface area contributed by atoms with E-state index < -0.39 is 5.97 Å². The molecule has 0 aromatic heterocycles. The van der Waals surface area contributed by atoms with Gasteiger partial charge in [0.1, 0.15) is 5.94 Å². The third kappa shape index (κ3) is 3.24. The predicted octanol–water partition coefficient (Wildman–Crippen LogP) is 2.12. The van der Waals surface area contributed by atoms with Gasteiger partial charge in [0, 0.05) is 5.02 Å². The van der Waals surface area contributed by atoms with Crippen molar-refractivity contribution in [3.8, 4) is 0 Å². The topological polar surface area (TPSA) is 43.4 Å². The lowest BCUT2D eigenvalue weighted by molar-refractivity contribution is -0.139. The third-order valence-electron chi connectivity index (χ3n) is 1.85. The monoisotopic (exact) mass is 224 g/mol. The van der Waals surface area contributed by atoms with Crippen LogP contribution in [-0.4, -0.2) is 19.0 Å². The molecule has 0 atom stereocenters. The predicted molar refractivity (Wildman–Crippen MR) is 57.2 cm³/mol. The first-order valence-electron chi connectivity index (χ1n) is 4.24. The van der Waals surface area contributed by atoms with Crippen LogP contribution in [0.1, 0.15) is 12.0 Å². The normalized spacial score (nSPS) is 9.20. The Morgan fingerprint density at radius 2 is 2.27 bits per heavy atom. The third-order valence-corrected chi connectivity index (χ3v) is 2.08. The zero-order chi connectivity index (χ0) is 11.3. The first kappa shape index (κ1) is 11.5. The van der Waals surface area contributed by atoms with Crippen molar-refractivity contribution in [2.24, 2.45) is 0 Å². The van der Waals surface area contributed by atoms with E-state index in [-0.39, 0.29) is 12.0 Å². The van der Waals surface area contributed by atoms with E-state index in [0.717, 1.165) is 0 Å². The molecule has 0 aliphatic heterocycles. The maximum atomic E-state index is 11.0. The molecule has 0 spiro atoms. The molecule has 0 N–H and O–H groups in total. The molecule has 0 saturated heterocycles. The van der Waals surface area contributed by atoms with Gasteiger partial charge >= 0.3 is 5.97 Å². The zero-order valence-corrected chi connectivity index (χ0v) is 8.88. The van der Waals surface area contributed by atoms with Gasteiger partial charge in [0.15, 0.2) is 0 Å². The van der Waals surface area contributed by atoms with E-state index in [0.29, 0.717) is 10.6 Å². The van der Waals surface area contributed by atoms with E-state index in [4.69, 9.17) is 11.6 Å². The van der Waals surface area contributed by atoms with Gasteiger partial charge in [-0.25, -0.2) is 4.79 Å². The highest BCUT2D eigenvalue weighted by atomic mass is 35.5. The summed E-state index contributed by atoms with van der Waals surface area (Å²) in [7, 11) is 1.27. The Kier molecular flexibility index (Phi) is 4.10. The first-order valence-corrected chi connectivity index (χ1v) is 4.62. The van der Waals surface area contributed by atoms with Crippen molar-refractivity contribution in [1.82, 2.24) is 0 Å². The lowest BCUT2D eigenvalue weighted by Gasteiger charge is -2.02. The van der Waals surface area contributed by atoms with Crippen LogP contribution in [0.3, 0.4) is 0 Å². The molecule has 0 aliphatic rings. The maximum absolute atomic E-state index is 11.0. The number of hydrogen-bond donors (Lipinski definition) is 0. The SMILES string of the molecule is COC(=O)CC(=C=O)c1cccc(Cl)c1. The molecule has 0 aliphatic carbocycles. The van der Waals surface area contributed by atoms with Gasteiger partial charge in [-0.05, 0) is 17.7 Å². The number of ether oxygens (including phenoxy) is 1. The minimum atomic E-state index is -0.478. The van der Waals surface area contributed by atoms with Crippen LogP contribution in [0.5, 0.6) is 0 Å². The van der Waals surface area contributed by atoms with Crippen LogP contribution >= 0.6 is 11.6 Å². The number of carbonyl (C=O) groups excluding carboxylic acids is 2. The van der Waals surface area contributed by atoms with Crippen molar-refractivity contribution in [2.45, 2.75) is 6.42 Å². The van der Waals surface area contributed by atoms with Gasteiger partial charge < -0.3 is 4.74 Å². The van der Waals surface area contributed by atoms with Crippen LogP contribution in [-0.2, 0) is 14.3 Å². The van der Waals surface area contributed by atoms with Crippen LogP contribution in [0.25, 0.3) is 5.57 Å². The Hall–Kier alpha value is -1.57. The Morgan fingerprint density at radius 3 is 2.80 bits per heavy atom. The molecule has 1 aromatic rings. The van der Waals surface area contributed by atoms with E-state index in [9.17, 15) is 9.59 Å². The number of carbonyl (C=O) groups is 1. The van der Waals surface area contributed by atoms with E-state index >= 15 is 0 Å². The Labute approximate surface area is 92.3 Å². The van der Waals surface area contributed by atoms with Gasteiger partial charge in [-0.1, -0.05) is 23.7 Å². The highest BCUT2D eigenvalue weighted by Gasteiger charge is 2.09. The van der Waals surface area contributed by atoms with Crippen molar-refractivity contribution in [3.05, 3.63) is 34.9 Å². The molecule has 0 unspecified atom stereocenters. The summed E-state index contributed by atoms with van der Waals surface area (Å²) in [6.07, 6.45) is -0.0969. The number of esters is 1. The van der Waals surface area contributed by atoms with Crippen molar-refractivity contribution >= 4 is 29.1 Å². The molecular weight excluding hydrogens is 216 g/mol. The summed E-state index contributed by atoms with van der Waals surface area (Å²) in [6.45, 7) is 0. The van der Waals surface area contributed by atoms with Crippen molar-refractivity contribution < 1.29 is 14.3 Å². The van der Waals surface area contributed by atoms with Gasteiger partial charge in [-0.15, -0.1) is 0 Å². The quantitative estimate of drug-likeness (QED) is 0.584. The van der Waals surface area contributed by atoms with Gasteiger partial charge in [-0.3, -0.25) is 4.79 Å². The summed E-state index contributed by atoms with van der Waals surface area (Å²) in [5.74, 6) is 1.24. The Morgan fingerprint density at radius 1 is 1.53 bits per heavy atom. The molecule has 1 aromatic carbocycles. The zero-order valence-electron chi connectivity index (χ0n) is 8.12. The highest BCUT2D eigenvalue weighted by Crippen LogP contribution is 2.19. The molecule has 0 bridgehead atoms. The minimum absolute atomic E-state index is 0.0969. The van der Waals surface area contributed by atoms with Crippen LogP contribution < -0.4 is 0 Å². The molecule has 0 saturated carbocycles. The second-order valence-electron chi connectivity index (χ2n) is 2.84. The molecule has 0 amide bonds. The minimum Gasteiger partial charge on any atom is -0.469 e. The average Bonchev–Trinajstić information content (AvgIpc) is 2.25. The summed E-state index contributed by atoms with van der Waals surface area (Å²) in [5, 5.41) is 0.505. The van der Waals surface area contributed by atoms with Crippen molar-refractivity contribution in [1.29, 1.82) is 0 Å². The van der Waals surface area contributed by atoms with Gasteiger partial charge in [0.05, 0.1) is 19.1 Å². The molecule has 78 valence electrons. The largest absolute Gasteiger partial charge is 0.469 e. The first-order chi connectivity index (χ1) is 7.17. The van der Waals surface area contributed by atoms with E-state index in [1.165, 1.54) is 7.11 Å². The summed E-state index contributed by atoms with van der Waals surface area (Å²) in [5.41, 5.74) is 0.826. The fourth-order valence-electron chi connectivity index (χ4n) is 1.09. The number of methoxy groups -OCH3 is 1. The molecule has 0 heterocycles. The molecule has 0 radical (unpaired) electrons. The maximum Gasteiger partial charge on any atom is 0.310 e. The number of hydrogen-bond acceptors (Lipinski definition) is 3. The van der Waals surface area contributed by atoms with Gasteiger partial charge in [0.25, 0.3) is 0 Å². The standard InChI is InChI=1S/C11H9ClO3/c1-15-11(14)6-9(7-13)8-3-2-4-10(12)5-8/h2-5H,6H2,1H3. The number of halogens is 1. The second-order valence-corrected chi connectivity index (χ2v) is 3.28. The molecule has 1 rings (SSSR count). The summed E-state index contributed by atoms with van der Waals surface area (Å²) < 4.78 is 4.46. The van der Waals surface area contributed by atoms with Crippen LogP contribution in [0, 0.1) is 0 Å². The summed E-state index contributed by atoms with van der Waals surface area (Å²) in [4.78, 5) is 21.6. The Balaban J connectivity index is 2.94.